The molecule has 1 amide bonds. The Morgan fingerprint density at radius 2 is 1.77 bits per heavy atom. The molecule has 0 fully saturated rings. The number of Topliss-reactive ketones (excluding diaryl/α,β-unsaturated/α-hetero) is 2. The topological polar surface area (TPSA) is 63.7 Å². The number of para-hydroxylation sites is 1. The first-order chi connectivity index (χ1) is 12.6. The minimum Gasteiger partial charge on any atom is -0.497 e. The maximum atomic E-state index is 12.6. The van der Waals surface area contributed by atoms with Crippen LogP contribution in [0.2, 0.25) is 0 Å². The van der Waals surface area contributed by atoms with Crippen molar-refractivity contribution in [2.75, 3.05) is 18.6 Å². The van der Waals surface area contributed by atoms with Crippen LogP contribution in [0.5, 0.6) is 5.75 Å². The van der Waals surface area contributed by atoms with Gasteiger partial charge in [-0.3, -0.25) is 14.4 Å². The second kappa shape index (κ2) is 7.95. The van der Waals surface area contributed by atoms with Crippen molar-refractivity contribution in [1.82, 2.24) is 0 Å². The van der Waals surface area contributed by atoms with Gasteiger partial charge in [0.25, 0.3) is 0 Å². The molecule has 2 aromatic rings. The molecule has 0 aromatic heterocycles. The molecule has 0 saturated heterocycles. The fourth-order valence-electron chi connectivity index (χ4n) is 3.13. The van der Waals surface area contributed by atoms with Crippen LogP contribution in [0, 0.1) is 0 Å². The number of methoxy groups -OCH3 is 1. The van der Waals surface area contributed by atoms with Crippen molar-refractivity contribution < 1.29 is 19.1 Å². The van der Waals surface area contributed by atoms with E-state index in [2.05, 4.69) is 0 Å². The smallest absolute Gasteiger partial charge is 0.227 e. The Labute approximate surface area is 152 Å². The van der Waals surface area contributed by atoms with Gasteiger partial charge in [-0.25, -0.2) is 0 Å². The molecule has 2 aromatic carbocycles. The van der Waals surface area contributed by atoms with Gasteiger partial charge in [-0.2, -0.15) is 0 Å². The molecule has 134 valence electrons. The summed E-state index contributed by atoms with van der Waals surface area (Å²) in [5.74, 6) is 0.733. The Kier molecular flexibility index (Phi) is 5.46. The normalized spacial score (nSPS) is 13.3. The molecule has 0 N–H and O–H groups in total. The van der Waals surface area contributed by atoms with Gasteiger partial charge in [0.15, 0.2) is 11.6 Å². The highest BCUT2D eigenvalue weighted by molar-refractivity contribution is 6.08. The lowest BCUT2D eigenvalue weighted by atomic mass is 9.99. The molecule has 5 heteroatoms. The molecule has 26 heavy (non-hydrogen) atoms. The number of benzene rings is 2. The van der Waals surface area contributed by atoms with Gasteiger partial charge in [-0.15, -0.1) is 0 Å². The standard InChI is InChI=1S/C21H21NO4/c1-26-16-11-9-15(10-12-16)19(23)7-4-8-21(25)22-14-13-20(24)17-5-2-3-6-18(17)22/h2-3,5-6,9-12H,4,7-8,13-14H2,1H3. The second-order valence-corrected chi connectivity index (χ2v) is 6.24. The van der Waals surface area contributed by atoms with Crippen LogP contribution in [-0.4, -0.2) is 31.1 Å². The summed E-state index contributed by atoms with van der Waals surface area (Å²) >= 11 is 0. The van der Waals surface area contributed by atoms with Crippen LogP contribution in [-0.2, 0) is 4.79 Å². The summed E-state index contributed by atoms with van der Waals surface area (Å²) in [6.45, 7) is 0.404. The van der Waals surface area contributed by atoms with Crippen LogP contribution in [0.1, 0.15) is 46.4 Å². The van der Waals surface area contributed by atoms with Crippen molar-refractivity contribution in [1.29, 1.82) is 0 Å². The monoisotopic (exact) mass is 351 g/mol. The number of fused-ring (bicyclic) bond motifs is 1. The number of ether oxygens (including phenoxy) is 1. The largest absolute Gasteiger partial charge is 0.497 e. The number of hydrogen-bond acceptors (Lipinski definition) is 4. The summed E-state index contributed by atoms with van der Waals surface area (Å²) in [7, 11) is 1.58. The molecule has 1 aliphatic heterocycles. The first kappa shape index (κ1) is 17.9. The van der Waals surface area contributed by atoms with Gasteiger partial charge in [0.05, 0.1) is 12.8 Å². The van der Waals surface area contributed by atoms with Crippen molar-refractivity contribution in [2.24, 2.45) is 0 Å². The predicted molar refractivity (Wildman–Crippen MR) is 98.9 cm³/mol. The molecule has 0 bridgehead atoms. The van der Waals surface area contributed by atoms with Gasteiger partial charge in [-0.05, 0) is 42.8 Å². The van der Waals surface area contributed by atoms with Crippen molar-refractivity contribution in [3.05, 3.63) is 59.7 Å². The summed E-state index contributed by atoms with van der Waals surface area (Å²) in [5, 5.41) is 0. The maximum absolute atomic E-state index is 12.6. The van der Waals surface area contributed by atoms with Gasteiger partial charge in [-0.1, -0.05) is 12.1 Å². The van der Waals surface area contributed by atoms with Crippen molar-refractivity contribution >= 4 is 23.2 Å². The van der Waals surface area contributed by atoms with Crippen molar-refractivity contribution in [2.45, 2.75) is 25.7 Å². The molecular formula is C21H21NO4. The average molecular weight is 351 g/mol. The van der Waals surface area contributed by atoms with Crippen LogP contribution in [0.25, 0.3) is 0 Å². The minimum atomic E-state index is -0.0486. The van der Waals surface area contributed by atoms with Crippen LogP contribution >= 0.6 is 0 Å². The van der Waals surface area contributed by atoms with Crippen LogP contribution in [0.4, 0.5) is 5.69 Å². The number of ketones is 2. The molecule has 0 aliphatic carbocycles. The van der Waals surface area contributed by atoms with E-state index in [9.17, 15) is 14.4 Å². The lowest BCUT2D eigenvalue weighted by molar-refractivity contribution is -0.118. The third kappa shape index (κ3) is 3.82. The number of nitrogens with zero attached hydrogens (tertiary/aromatic N) is 1. The van der Waals surface area contributed by atoms with E-state index in [1.54, 1.807) is 54.5 Å². The Bertz CT molecular complexity index is 826. The lowest BCUT2D eigenvalue weighted by Crippen LogP contribution is -2.37. The maximum Gasteiger partial charge on any atom is 0.227 e. The van der Waals surface area contributed by atoms with E-state index in [0.717, 1.165) is 0 Å². The highest BCUT2D eigenvalue weighted by atomic mass is 16.5. The molecule has 0 saturated carbocycles. The van der Waals surface area contributed by atoms with Gasteiger partial charge < -0.3 is 9.64 Å². The zero-order chi connectivity index (χ0) is 18.5. The third-order valence-corrected chi connectivity index (χ3v) is 4.57. The van der Waals surface area contributed by atoms with E-state index in [0.29, 0.717) is 48.4 Å². The van der Waals surface area contributed by atoms with Crippen LogP contribution < -0.4 is 9.64 Å². The molecule has 5 nitrogen and oxygen atoms in total. The van der Waals surface area contributed by atoms with Gasteiger partial charge in [0.2, 0.25) is 5.91 Å². The number of carbonyl (C=O) groups excluding carboxylic acids is 3. The number of rotatable bonds is 6. The quantitative estimate of drug-likeness (QED) is 0.745. The molecule has 0 unspecified atom stereocenters. The van der Waals surface area contributed by atoms with Crippen LogP contribution in [0.15, 0.2) is 48.5 Å². The number of anilines is 1. The van der Waals surface area contributed by atoms with E-state index in [1.807, 2.05) is 6.07 Å². The highest BCUT2D eigenvalue weighted by Gasteiger charge is 2.26. The Hall–Kier alpha value is -2.95. The molecule has 1 aliphatic rings. The lowest BCUT2D eigenvalue weighted by Gasteiger charge is -2.28. The van der Waals surface area contributed by atoms with Crippen molar-refractivity contribution in [3.8, 4) is 5.75 Å². The van der Waals surface area contributed by atoms with Gasteiger partial charge in [0, 0.05) is 36.9 Å². The predicted octanol–water partition coefficient (Wildman–Crippen LogP) is 3.67. The van der Waals surface area contributed by atoms with E-state index in [4.69, 9.17) is 4.74 Å². The fourth-order valence-corrected chi connectivity index (χ4v) is 3.13. The SMILES string of the molecule is COc1ccc(C(=O)CCCC(=O)N2CCC(=O)c3ccccc32)cc1. The minimum absolute atomic E-state index is 0.00896. The third-order valence-electron chi connectivity index (χ3n) is 4.57. The number of hydrogen-bond donors (Lipinski definition) is 0. The fraction of sp³-hybridized carbons (Fsp3) is 0.286. The first-order valence-corrected chi connectivity index (χ1v) is 8.70. The Balaban J connectivity index is 1.57. The summed E-state index contributed by atoms with van der Waals surface area (Å²) < 4.78 is 5.08. The molecule has 3 rings (SSSR count). The summed E-state index contributed by atoms with van der Waals surface area (Å²) in [6, 6.07) is 14.1. The van der Waals surface area contributed by atoms with Crippen LogP contribution in [0.3, 0.4) is 0 Å². The highest BCUT2D eigenvalue weighted by Crippen LogP contribution is 2.27. The summed E-state index contributed by atoms with van der Waals surface area (Å²) in [6.07, 6.45) is 1.42. The molecule has 1 heterocycles. The Morgan fingerprint density at radius 1 is 1.04 bits per heavy atom. The van der Waals surface area contributed by atoms with E-state index in [-0.39, 0.29) is 23.9 Å². The summed E-state index contributed by atoms with van der Waals surface area (Å²) in [5.41, 5.74) is 1.89. The van der Waals surface area contributed by atoms with Gasteiger partial charge >= 0.3 is 0 Å². The van der Waals surface area contributed by atoms with E-state index >= 15 is 0 Å². The average Bonchev–Trinajstić information content (AvgIpc) is 2.68. The molecular weight excluding hydrogens is 330 g/mol. The Morgan fingerprint density at radius 3 is 2.50 bits per heavy atom. The zero-order valence-corrected chi connectivity index (χ0v) is 14.7. The van der Waals surface area contributed by atoms with E-state index in [1.165, 1.54) is 0 Å². The number of carbonyl (C=O) groups is 3. The molecule has 0 spiro atoms. The first-order valence-electron chi connectivity index (χ1n) is 8.70. The molecule has 0 atom stereocenters. The summed E-state index contributed by atoms with van der Waals surface area (Å²) in [4.78, 5) is 38.4. The van der Waals surface area contributed by atoms with Crippen molar-refractivity contribution in [3.63, 3.8) is 0 Å². The molecule has 0 radical (unpaired) electrons. The van der Waals surface area contributed by atoms with E-state index < -0.39 is 0 Å². The zero-order valence-electron chi connectivity index (χ0n) is 14.7. The second-order valence-electron chi connectivity index (χ2n) is 6.24. The number of amides is 1. The van der Waals surface area contributed by atoms with Gasteiger partial charge in [0.1, 0.15) is 5.75 Å².